The van der Waals surface area contributed by atoms with E-state index in [1.54, 1.807) is 14.2 Å². The molecule has 0 saturated carbocycles. The molecule has 7 heteroatoms. The summed E-state index contributed by atoms with van der Waals surface area (Å²) in [6, 6.07) is 16.3. The van der Waals surface area contributed by atoms with Gasteiger partial charge in [0.15, 0.2) is 0 Å². The number of anilines is 1. The van der Waals surface area contributed by atoms with Gasteiger partial charge in [-0.1, -0.05) is 24.3 Å². The van der Waals surface area contributed by atoms with E-state index in [2.05, 4.69) is 28.3 Å². The van der Waals surface area contributed by atoms with E-state index in [4.69, 9.17) is 9.47 Å². The normalized spacial score (nSPS) is 22.0. The Kier molecular flexibility index (Phi) is 6.40. The van der Waals surface area contributed by atoms with Crippen LogP contribution in [0.5, 0.6) is 11.5 Å². The molecular formula is C23H30N4O3. The van der Waals surface area contributed by atoms with Gasteiger partial charge in [0, 0.05) is 25.2 Å². The molecule has 2 unspecified atom stereocenters. The lowest BCUT2D eigenvalue weighted by Gasteiger charge is -2.34. The number of hydrogen-bond donors (Lipinski definition) is 3. The Morgan fingerprint density at radius 1 is 1.03 bits per heavy atom. The zero-order valence-corrected chi connectivity index (χ0v) is 17.6. The zero-order valence-electron chi connectivity index (χ0n) is 17.6. The molecule has 2 atom stereocenters. The van der Waals surface area contributed by atoms with Gasteiger partial charge >= 0.3 is 6.03 Å². The quantitative estimate of drug-likeness (QED) is 0.703. The van der Waals surface area contributed by atoms with Crippen LogP contribution >= 0.6 is 0 Å². The van der Waals surface area contributed by atoms with E-state index in [1.165, 1.54) is 5.56 Å². The number of nitrogens with one attached hydrogen (secondary N) is 3. The first-order valence-corrected chi connectivity index (χ1v) is 10.5. The second-order valence-electron chi connectivity index (χ2n) is 7.91. The van der Waals surface area contributed by atoms with Gasteiger partial charge in [-0.25, -0.2) is 4.79 Å². The Morgan fingerprint density at radius 2 is 1.83 bits per heavy atom. The highest BCUT2D eigenvalue weighted by molar-refractivity contribution is 5.91. The van der Waals surface area contributed by atoms with Crippen LogP contribution in [-0.2, 0) is 0 Å². The maximum Gasteiger partial charge on any atom is 0.321 e. The highest BCUT2D eigenvalue weighted by atomic mass is 16.5. The molecule has 0 bridgehead atoms. The molecule has 2 aromatic rings. The fraction of sp³-hybridized carbons (Fsp3) is 0.435. The lowest BCUT2D eigenvalue weighted by atomic mass is 9.86. The van der Waals surface area contributed by atoms with E-state index in [9.17, 15) is 4.79 Å². The minimum absolute atomic E-state index is 0.0651. The molecule has 4 rings (SSSR count). The van der Waals surface area contributed by atoms with Crippen LogP contribution in [0.4, 0.5) is 10.5 Å². The van der Waals surface area contributed by atoms with Gasteiger partial charge in [0.25, 0.3) is 0 Å². The average Bonchev–Trinajstić information content (AvgIpc) is 3.30. The summed E-state index contributed by atoms with van der Waals surface area (Å²) in [6.07, 6.45) is 3.01. The monoisotopic (exact) mass is 410 g/mol. The number of likely N-dealkylation sites (tertiary alicyclic amines) is 1. The summed E-state index contributed by atoms with van der Waals surface area (Å²) in [5.74, 6) is 2.10. The van der Waals surface area contributed by atoms with E-state index < -0.39 is 0 Å². The van der Waals surface area contributed by atoms with Crippen molar-refractivity contribution in [2.45, 2.75) is 31.3 Å². The van der Waals surface area contributed by atoms with E-state index in [0.717, 1.165) is 38.1 Å². The Bertz CT molecular complexity index is 867. The van der Waals surface area contributed by atoms with Crippen LogP contribution in [0.3, 0.4) is 0 Å². The third-order valence-corrected chi connectivity index (χ3v) is 6.17. The molecule has 3 N–H and O–H groups in total. The van der Waals surface area contributed by atoms with Gasteiger partial charge in [-0.2, -0.15) is 0 Å². The number of hydrogen-bond acceptors (Lipinski definition) is 5. The standard InChI is InChI=1S/C23H30N4O3/c1-29-18-7-5-6-17(14-18)21-15-20(25-26-21)16-10-12-27(13-11-16)23(28)24-19-8-3-4-9-22(19)30-2/h3-9,14,16,20-21,25-26H,10-13,15H2,1-2H3,(H,24,28). The molecular weight excluding hydrogens is 380 g/mol. The molecule has 2 aromatic carbocycles. The van der Waals surface area contributed by atoms with Crippen molar-refractivity contribution in [3.05, 3.63) is 54.1 Å². The fourth-order valence-corrected chi connectivity index (χ4v) is 4.41. The molecule has 0 spiro atoms. The summed E-state index contributed by atoms with van der Waals surface area (Å²) < 4.78 is 10.7. The number of amides is 2. The number of benzene rings is 2. The zero-order chi connectivity index (χ0) is 20.9. The summed E-state index contributed by atoms with van der Waals surface area (Å²) in [4.78, 5) is 14.6. The number of carbonyl (C=O) groups excluding carboxylic acids is 1. The van der Waals surface area contributed by atoms with Gasteiger partial charge in [-0.05, 0) is 55.0 Å². The van der Waals surface area contributed by atoms with Crippen molar-refractivity contribution in [2.24, 2.45) is 5.92 Å². The highest BCUT2D eigenvalue weighted by Crippen LogP contribution is 2.32. The van der Waals surface area contributed by atoms with E-state index in [1.807, 2.05) is 41.3 Å². The maximum absolute atomic E-state index is 12.7. The smallest absolute Gasteiger partial charge is 0.321 e. The van der Waals surface area contributed by atoms with Gasteiger partial charge in [-0.15, -0.1) is 0 Å². The number of rotatable bonds is 5. The van der Waals surface area contributed by atoms with Crippen LogP contribution in [0, 0.1) is 5.92 Å². The van der Waals surface area contributed by atoms with E-state index in [-0.39, 0.29) is 12.1 Å². The van der Waals surface area contributed by atoms with Gasteiger partial charge in [0.1, 0.15) is 11.5 Å². The number of carbonyl (C=O) groups is 1. The molecule has 160 valence electrons. The molecule has 0 aliphatic carbocycles. The summed E-state index contributed by atoms with van der Waals surface area (Å²) in [6.45, 7) is 1.52. The van der Waals surface area contributed by atoms with Gasteiger partial charge in [0.2, 0.25) is 0 Å². The number of piperidine rings is 1. The van der Waals surface area contributed by atoms with Crippen LogP contribution in [-0.4, -0.2) is 44.3 Å². The number of para-hydroxylation sites is 2. The van der Waals surface area contributed by atoms with Crippen molar-refractivity contribution in [3.63, 3.8) is 0 Å². The van der Waals surface area contributed by atoms with Crippen molar-refractivity contribution >= 4 is 11.7 Å². The largest absolute Gasteiger partial charge is 0.497 e. The Hall–Kier alpha value is -2.77. The van der Waals surface area contributed by atoms with Crippen molar-refractivity contribution in [1.29, 1.82) is 0 Å². The summed E-state index contributed by atoms with van der Waals surface area (Å²) in [5, 5.41) is 2.98. The number of ether oxygens (including phenoxy) is 2. The van der Waals surface area contributed by atoms with Gasteiger partial charge in [0.05, 0.1) is 19.9 Å². The van der Waals surface area contributed by atoms with Crippen LogP contribution < -0.4 is 25.6 Å². The highest BCUT2D eigenvalue weighted by Gasteiger charge is 2.34. The Labute approximate surface area is 177 Å². The summed E-state index contributed by atoms with van der Waals surface area (Å²) in [7, 11) is 3.30. The van der Waals surface area contributed by atoms with Crippen LogP contribution in [0.2, 0.25) is 0 Å². The minimum atomic E-state index is -0.0651. The molecule has 0 aromatic heterocycles. The first-order chi connectivity index (χ1) is 14.7. The molecule has 2 fully saturated rings. The Morgan fingerprint density at radius 3 is 2.60 bits per heavy atom. The fourth-order valence-electron chi connectivity index (χ4n) is 4.41. The van der Waals surface area contributed by atoms with Crippen LogP contribution in [0.25, 0.3) is 0 Å². The van der Waals surface area contributed by atoms with Crippen molar-refractivity contribution in [2.75, 3.05) is 32.6 Å². The molecule has 0 radical (unpaired) electrons. The number of hydrazine groups is 1. The van der Waals surface area contributed by atoms with Crippen LogP contribution in [0.15, 0.2) is 48.5 Å². The Balaban J connectivity index is 1.29. The number of methoxy groups -OCH3 is 2. The maximum atomic E-state index is 12.7. The molecule has 2 heterocycles. The first kappa shape index (κ1) is 20.5. The average molecular weight is 411 g/mol. The van der Waals surface area contributed by atoms with Gasteiger partial charge in [-0.3, -0.25) is 10.9 Å². The first-order valence-electron chi connectivity index (χ1n) is 10.5. The van der Waals surface area contributed by atoms with Crippen molar-refractivity contribution in [3.8, 4) is 11.5 Å². The number of urea groups is 1. The minimum Gasteiger partial charge on any atom is -0.497 e. The van der Waals surface area contributed by atoms with Crippen molar-refractivity contribution < 1.29 is 14.3 Å². The molecule has 2 amide bonds. The topological polar surface area (TPSA) is 74.9 Å². The van der Waals surface area contributed by atoms with Crippen LogP contribution in [0.1, 0.15) is 30.9 Å². The summed E-state index contributed by atoms with van der Waals surface area (Å²) in [5.41, 5.74) is 8.86. The molecule has 7 nitrogen and oxygen atoms in total. The van der Waals surface area contributed by atoms with Crippen molar-refractivity contribution in [1.82, 2.24) is 15.8 Å². The van der Waals surface area contributed by atoms with Gasteiger partial charge < -0.3 is 19.7 Å². The van der Waals surface area contributed by atoms with E-state index in [0.29, 0.717) is 23.4 Å². The third kappa shape index (κ3) is 4.52. The van der Waals surface area contributed by atoms with E-state index >= 15 is 0 Å². The molecule has 2 aliphatic heterocycles. The molecule has 30 heavy (non-hydrogen) atoms. The number of nitrogens with zero attached hydrogens (tertiary/aromatic N) is 1. The second kappa shape index (κ2) is 9.36. The SMILES string of the molecule is COc1cccc(C2CC(C3CCN(C(=O)Nc4ccccc4OC)CC3)NN2)c1. The predicted molar refractivity (Wildman–Crippen MR) is 117 cm³/mol. The second-order valence-corrected chi connectivity index (χ2v) is 7.91. The molecule has 2 aliphatic rings. The third-order valence-electron chi connectivity index (χ3n) is 6.17. The lowest BCUT2D eigenvalue weighted by Crippen LogP contribution is -2.45. The lowest BCUT2D eigenvalue weighted by molar-refractivity contribution is 0.169. The summed E-state index contributed by atoms with van der Waals surface area (Å²) >= 11 is 0. The molecule has 2 saturated heterocycles. The predicted octanol–water partition coefficient (Wildman–Crippen LogP) is 3.56.